The summed E-state index contributed by atoms with van der Waals surface area (Å²) in [4.78, 5) is 52.9. The van der Waals surface area contributed by atoms with Gasteiger partial charge in [-0.25, -0.2) is 0 Å². The van der Waals surface area contributed by atoms with E-state index in [4.69, 9.17) is 0 Å². The molecule has 1 atom stereocenters. The molecule has 0 saturated carbocycles. The number of H-pyrrole nitrogens is 1. The molecule has 3 aromatic carbocycles. The normalized spacial score (nSPS) is 11.6. The summed E-state index contributed by atoms with van der Waals surface area (Å²) >= 11 is 0. The van der Waals surface area contributed by atoms with Crippen LogP contribution in [0, 0.1) is 0 Å². The molecule has 0 fully saturated rings. The average Bonchev–Trinajstić information content (AvgIpc) is 2.84. The number of benzene rings is 3. The molecule has 1 heterocycles. The Morgan fingerprint density at radius 2 is 1.59 bits per heavy atom. The Morgan fingerprint density at radius 1 is 0.882 bits per heavy atom. The van der Waals surface area contributed by atoms with Gasteiger partial charge in [-0.2, -0.15) is 0 Å². The molecule has 7 heteroatoms. The second kappa shape index (κ2) is 9.54. The van der Waals surface area contributed by atoms with E-state index in [-0.39, 0.29) is 17.3 Å². The molecule has 0 saturated heterocycles. The molecule has 7 nitrogen and oxygen atoms in total. The zero-order valence-electron chi connectivity index (χ0n) is 18.7. The fourth-order valence-corrected chi connectivity index (χ4v) is 3.70. The number of pyridine rings is 1. The largest absolute Gasteiger partial charge is 0.360 e. The molecule has 4 aromatic rings. The van der Waals surface area contributed by atoms with Crippen molar-refractivity contribution in [1.29, 1.82) is 0 Å². The van der Waals surface area contributed by atoms with Crippen molar-refractivity contribution in [1.82, 2.24) is 10.3 Å². The highest BCUT2D eigenvalue weighted by atomic mass is 16.2. The predicted molar refractivity (Wildman–Crippen MR) is 132 cm³/mol. The van der Waals surface area contributed by atoms with Crippen molar-refractivity contribution in [2.45, 2.75) is 19.9 Å². The van der Waals surface area contributed by atoms with Crippen LogP contribution in [0.5, 0.6) is 0 Å². The van der Waals surface area contributed by atoms with E-state index < -0.39 is 17.4 Å². The molecule has 34 heavy (non-hydrogen) atoms. The molecule has 4 rings (SSSR count). The summed E-state index contributed by atoms with van der Waals surface area (Å²) in [6.45, 7) is 2.91. The lowest BCUT2D eigenvalue weighted by Gasteiger charge is -2.16. The van der Waals surface area contributed by atoms with Gasteiger partial charge in [0.15, 0.2) is 11.2 Å². The molecule has 170 valence electrons. The van der Waals surface area contributed by atoms with Crippen molar-refractivity contribution < 1.29 is 14.4 Å². The lowest BCUT2D eigenvalue weighted by atomic mass is 9.99. The Morgan fingerprint density at radius 3 is 2.32 bits per heavy atom. The van der Waals surface area contributed by atoms with Crippen LogP contribution in [-0.4, -0.2) is 28.6 Å². The van der Waals surface area contributed by atoms with Gasteiger partial charge in [0, 0.05) is 28.4 Å². The predicted octanol–water partition coefficient (Wildman–Crippen LogP) is 4.15. The number of aromatic nitrogens is 1. The first-order valence-corrected chi connectivity index (χ1v) is 10.8. The molecule has 0 radical (unpaired) electrons. The van der Waals surface area contributed by atoms with Crippen molar-refractivity contribution in [3.8, 4) is 11.1 Å². The number of rotatable bonds is 6. The van der Waals surface area contributed by atoms with E-state index in [0.29, 0.717) is 22.2 Å². The van der Waals surface area contributed by atoms with Crippen LogP contribution >= 0.6 is 0 Å². The van der Waals surface area contributed by atoms with Crippen LogP contribution in [-0.2, 0) is 4.79 Å². The second-order valence-electron chi connectivity index (χ2n) is 7.94. The Bertz CT molecular complexity index is 1460. The van der Waals surface area contributed by atoms with Gasteiger partial charge in [-0.3, -0.25) is 19.2 Å². The van der Waals surface area contributed by atoms with Gasteiger partial charge in [0.25, 0.3) is 5.91 Å². The minimum atomic E-state index is -0.839. The SMILES string of the molecule is CC(=O)c1c[nH]c2ccc(NC(=O)[C@H](C)NC(=O)c3ccccc3-c3ccccc3)cc2c1=O. The van der Waals surface area contributed by atoms with Gasteiger partial charge < -0.3 is 15.6 Å². The molecule has 0 bridgehead atoms. The number of carbonyl (C=O) groups excluding carboxylic acids is 3. The Kier molecular flexibility index (Phi) is 6.36. The quantitative estimate of drug-likeness (QED) is 0.381. The van der Waals surface area contributed by atoms with E-state index in [9.17, 15) is 19.2 Å². The van der Waals surface area contributed by atoms with Crippen LogP contribution in [0.25, 0.3) is 22.0 Å². The molecule has 0 aliphatic carbocycles. The summed E-state index contributed by atoms with van der Waals surface area (Å²) in [6.07, 6.45) is 1.39. The van der Waals surface area contributed by atoms with Gasteiger partial charge in [0.2, 0.25) is 5.91 Å². The molecule has 0 aliphatic heterocycles. The number of ketones is 1. The van der Waals surface area contributed by atoms with Gasteiger partial charge in [-0.05, 0) is 49.2 Å². The van der Waals surface area contributed by atoms with Crippen molar-refractivity contribution in [3.05, 3.63) is 100 Å². The zero-order valence-corrected chi connectivity index (χ0v) is 18.7. The van der Waals surface area contributed by atoms with Crippen LogP contribution in [0.3, 0.4) is 0 Å². The maximum Gasteiger partial charge on any atom is 0.252 e. The molecule has 2 amide bonds. The minimum Gasteiger partial charge on any atom is -0.360 e. The van der Waals surface area contributed by atoms with E-state index in [1.54, 1.807) is 31.2 Å². The fourth-order valence-electron chi connectivity index (χ4n) is 3.70. The lowest BCUT2D eigenvalue weighted by molar-refractivity contribution is -0.117. The van der Waals surface area contributed by atoms with Crippen LogP contribution in [0.1, 0.15) is 34.6 Å². The summed E-state index contributed by atoms with van der Waals surface area (Å²) in [6, 6.07) is 20.7. The first kappa shape index (κ1) is 22.7. The number of amides is 2. The molecule has 0 spiro atoms. The van der Waals surface area contributed by atoms with Crippen molar-refractivity contribution in [2.75, 3.05) is 5.32 Å². The highest BCUT2D eigenvalue weighted by Gasteiger charge is 2.19. The van der Waals surface area contributed by atoms with Crippen LogP contribution in [0.15, 0.2) is 83.8 Å². The highest BCUT2D eigenvalue weighted by Crippen LogP contribution is 2.23. The molecular weight excluding hydrogens is 430 g/mol. The Labute approximate surface area is 195 Å². The number of nitrogens with one attached hydrogen (secondary N) is 3. The van der Waals surface area contributed by atoms with Crippen molar-refractivity contribution in [3.63, 3.8) is 0 Å². The summed E-state index contributed by atoms with van der Waals surface area (Å²) in [7, 11) is 0. The first-order chi connectivity index (χ1) is 16.3. The van der Waals surface area contributed by atoms with Gasteiger partial charge in [-0.1, -0.05) is 48.5 Å². The van der Waals surface area contributed by atoms with Gasteiger partial charge in [-0.15, -0.1) is 0 Å². The standard InChI is InChI=1S/C27H23N3O4/c1-16(29-27(34)21-11-7-6-10-20(21)18-8-4-3-5-9-18)26(33)30-19-12-13-24-22(14-19)25(32)23(15-28-24)17(2)31/h3-16H,1-2H3,(H,28,32)(H,29,34)(H,30,33)/t16-/m0/s1. The maximum atomic E-state index is 13.0. The summed E-state index contributed by atoms with van der Waals surface area (Å²) in [5.74, 6) is -1.16. The molecule has 3 N–H and O–H groups in total. The monoisotopic (exact) mass is 453 g/mol. The maximum absolute atomic E-state index is 13.0. The number of hydrogen-bond acceptors (Lipinski definition) is 4. The number of hydrogen-bond donors (Lipinski definition) is 3. The molecular formula is C27H23N3O4. The third-order valence-electron chi connectivity index (χ3n) is 5.53. The lowest BCUT2D eigenvalue weighted by Crippen LogP contribution is -2.41. The second-order valence-corrected chi connectivity index (χ2v) is 7.94. The number of anilines is 1. The van der Waals surface area contributed by atoms with Crippen LogP contribution < -0.4 is 16.1 Å². The van der Waals surface area contributed by atoms with E-state index in [0.717, 1.165) is 11.1 Å². The zero-order chi connectivity index (χ0) is 24.2. The Hall–Kier alpha value is -4.52. The molecule has 1 aromatic heterocycles. The summed E-state index contributed by atoms with van der Waals surface area (Å²) in [5.41, 5.74) is 2.70. The average molecular weight is 453 g/mol. The number of carbonyl (C=O) groups is 3. The van der Waals surface area contributed by atoms with Crippen LogP contribution in [0.2, 0.25) is 0 Å². The molecule has 0 aliphatic rings. The Balaban J connectivity index is 1.51. The fraction of sp³-hybridized carbons (Fsp3) is 0.111. The van der Waals surface area contributed by atoms with E-state index >= 15 is 0 Å². The van der Waals surface area contributed by atoms with Gasteiger partial charge >= 0.3 is 0 Å². The topological polar surface area (TPSA) is 108 Å². The van der Waals surface area contributed by atoms with Gasteiger partial charge in [0.1, 0.15) is 6.04 Å². The highest BCUT2D eigenvalue weighted by molar-refractivity contribution is 6.05. The third kappa shape index (κ3) is 4.63. The first-order valence-electron chi connectivity index (χ1n) is 10.8. The minimum absolute atomic E-state index is 0.0497. The van der Waals surface area contributed by atoms with Crippen LogP contribution in [0.4, 0.5) is 5.69 Å². The summed E-state index contributed by atoms with van der Waals surface area (Å²) in [5, 5.41) is 5.75. The number of aromatic amines is 1. The smallest absolute Gasteiger partial charge is 0.252 e. The van der Waals surface area contributed by atoms with Crippen molar-refractivity contribution >= 4 is 34.2 Å². The third-order valence-corrected chi connectivity index (χ3v) is 5.53. The van der Waals surface area contributed by atoms with E-state index in [1.165, 1.54) is 19.2 Å². The summed E-state index contributed by atoms with van der Waals surface area (Å²) < 4.78 is 0. The van der Waals surface area contributed by atoms with Crippen molar-refractivity contribution in [2.24, 2.45) is 0 Å². The van der Waals surface area contributed by atoms with E-state index in [1.807, 2.05) is 42.5 Å². The van der Waals surface area contributed by atoms with E-state index in [2.05, 4.69) is 15.6 Å². The van der Waals surface area contributed by atoms with Gasteiger partial charge in [0.05, 0.1) is 5.56 Å². The molecule has 0 unspecified atom stereocenters. The number of Topliss-reactive ketones (excluding diaryl/α,β-unsaturated/α-hetero) is 1. The number of fused-ring (bicyclic) bond motifs is 1.